The van der Waals surface area contributed by atoms with Crippen LogP contribution in [-0.4, -0.2) is 34.1 Å². The fraction of sp³-hybridized carbons (Fsp3) is 0.556. The molecule has 6 nitrogen and oxygen atoms in total. The second-order valence-corrected chi connectivity index (χ2v) is 8.21. The molecular formula is C18H25NO5S. The van der Waals surface area contributed by atoms with Crippen molar-refractivity contribution in [3.05, 3.63) is 29.8 Å². The molecule has 1 heterocycles. The number of sulfonamides is 1. The van der Waals surface area contributed by atoms with Gasteiger partial charge in [-0.1, -0.05) is 11.6 Å². The molecule has 0 fully saturated rings. The summed E-state index contributed by atoms with van der Waals surface area (Å²) in [6.45, 7) is 1.04. The van der Waals surface area contributed by atoms with Gasteiger partial charge in [0.1, 0.15) is 5.75 Å². The minimum absolute atomic E-state index is 0.0661. The largest absolute Gasteiger partial charge is 0.493 e. The van der Waals surface area contributed by atoms with Gasteiger partial charge in [-0.3, -0.25) is 0 Å². The lowest BCUT2D eigenvalue weighted by Gasteiger charge is -2.13. The molecule has 0 radical (unpaired) electrons. The van der Waals surface area contributed by atoms with Gasteiger partial charge in [-0.15, -0.1) is 0 Å². The van der Waals surface area contributed by atoms with Crippen LogP contribution < -0.4 is 18.9 Å². The summed E-state index contributed by atoms with van der Waals surface area (Å²) in [4.78, 5) is 0. The Hall–Kier alpha value is -1.73. The average Bonchev–Trinajstić information content (AvgIpc) is 3.07. The average molecular weight is 367 g/mol. The molecule has 0 bridgehead atoms. The number of benzene rings is 1. The molecule has 0 unspecified atom stereocenters. The van der Waals surface area contributed by atoms with Crippen molar-refractivity contribution in [2.24, 2.45) is 0 Å². The Morgan fingerprint density at radius 3 is 2.88 bits per heavy atom. The van der Waals surface area contributed by atoms with Crippen LogP contribution in [0.15, 0.2) is 29.8 Å². The molecule has 7 heteroatoms. The molecule has 1 aliphatic heterocycles. The molecule has 0 spiro atoms. The van der Waals surface area contributed by atoms with Crippen LogP contribution in [0.2, 0.25) is 0 Å². The molecule has 0 aromatic heterocycles. The molecule has 25 heavy (non-hydrogen) atoms. The Kier molecular flexibility index (Phi) is 6.20. The summed E-state index contributed by atoms with van der Waals surface area (Å²) in [5.74, 6) is 2.08. The summed E-state index contributed by atoms with van der Waals surface area (Å²) in [6.07, 6.45) is 8.19. The summed E-state index contributed by atoms with van der Waals surface area (Å²) >= 11 is 0. The lowest BCUT2D eigenvalue weighted by atomic mass is 9.97. The van der Waals surface area contributed by atoms with Crippen molar-refractivity contribution in [3.8, 4) is 17.2 Å². The van der Waals surface area contributed by atoms with Crippen molar-refractivity contribution in [2.75, 3.05) is 25.7 Å². The summed E-state index contributed by atoms with van der Waals surface area (Å²) in [5.41, 5.74) is 1.38. The predicted octanol–water partition coefficient (Wildman–Crippen LogP) is 2.99. The third kappa shape index (κ3) is 5.64. The van der Waals surface area contributed by atoms with Crippen LogP contribution in [0.4, 0.5) is 0 Å². The topological polar surface area (TPSA) is 73.9 Å². The standard InChI is InChI=1S/C18H25NO5S/c20-25(21,19-10-9-15-5-2-1-3-6-15)12-4-11-22-16-7-8-17-18(13-16)24-14-23-17/h5,7-8,13,19H,1-4,6,9-12,14H2. The van der Waals surface area contributed by atoms with Crippen molar-refractivity contribution in [3.63, 3.8) is 0 Å². The van der Waals surface area contributed by atoms with E-state index in [1.807, 2.05) is 0 Å². The Balaban J connectivity index is 1.34. The van der Waals surface area contributed by atoms with Crippen molar-refractivity contribution in [1.82, 2.24) is 4.72 Å². The van der Waals surface area contributed by atoms with E-state index in [9.17, 15) is 8.42 Å². The van der Waals surface area contributed by atoms with Gasteiger partial charge in [0.2, 0.25) is 16.8 Å². The van der Waals surface area contributed by atoms with Gasteiger partial charge < -0.3 is 14.2 Å². The first-order valence-electron chi connectivity index (χ1n) is 8.80. The van der Waals surface area contributed by atoms with E-state index in [-0.39, 0.29) is 12.5 Å². The van der Waals surface area contributed by atoms with Crippen LogP contribution in [0.1, 0.15) is 38.5 Å². The second kappa shape index (κ2) is 8.58. The molecule has 0 amide bonds. The summed E-state index contributed by atoms with van der Waals surface area (Å²) in [5, 5.41) is 0. The molecule has 0 atom stereocenters. The maximum absolute atomic E-state index is 12.0. The van der Waals surface area contributed by atoms with Gasteiger partial charge in [-0.2, -0.15) is 0 Å². The van der Waals surface area contributed by atoms with Crippen LogP contribution in [0.25, 0.3) is 0 Å². The van der Waals surface area contributed by atoms with Crippen molar-refractivity contribution >= 4 is 10.0 Å². The van der Waals surface area contributed by atoms with E-state index in [1.165, 1.54) is 18.4 Å². The van der Waals surface area contributed by atoms with Gasteiger partial charge in [0, 0.05) is 12.6 Å². The van der Waals surface area contributed by atoms with Gasteiger partial charge in [0.05, 0.1) is 12.4 Å². The third-order valence-electron chi connectivity index (χ3n) is 4.32. The first kappa shape index (κ1) is 18.1. The minimum atomic E-state index is -3.25. The molecule has 138 valence electrons. The Morgan fingerprint density at radius 2 is 2.04 bits per heavy atom. The zero-order valence-corrected chi connectivity index (χ0v) is 15.1. The van der Waals surface area contributed by atoms with E-state index in [0.29, 0.717) is 36.8 Å². The minimum Gasteiger partial charge on any atom is -0.493 e. The zero-order valence-electron chi connectivity index (χ0n) is 14.3. The van der Waals surface area contributed by atoms with Gasteiger partial charge in [0.25, 0.3) is 0 Å². The lowest BCUT2D eigenvalue weighted by Crippen LogP contribution is -2.28. The Bertz CT molecular complexity index is 714. The van der Waals surface area contributed by atoms with Crippen LogP contribution in [0.3, 0.4) is 0 Å². The molecule has 0 saturated heterocycles. The van der Waals surface area contributed by atoms with Crippen LogP contribution >= 0.6 is 0 Å². The Labute approximate surface area is 149 Å². The van der Waals surface area contributed by atoms with Crippen molar-refractivity contribution in [2.45, 2.75) is 38.5 Å². The highest BCUT2D eigenvalue weighted by Gasteiger charge is 2.14. The summed E-state index contributed by atoms with van der Waals surface area (Å²) in [6, 6.07) is 5.33. The second-order valence-electron chi connectivity index (χ2n) is 6.29. The van der Waals surface area contributed by atoms with Crippen molar-refractivity contribution in [1.29, 1.82) is 0 Å². The SMILES string of the molecule is O=S(=O)(CCCOc1ccc2c(c1)OCO2)NCCC1=CCCCC1. The van der Waals surface area contributed by atoms with Gasteiger partial charge in [0.15, 0.2) is 11.5 Å². The molecule has 1 N–H and O–H groups in total. The monoisotopic (exact) mass is 367 g/mol. The maximum Gasteiger partial charge on any atom is 0.231 e. The fourth-order valence-corrected chi connectivity index (χ4v) is 4.03. The number of nitrogens with one attached hydrogen (secondary N) is 1. The normalized spacial score (nSPS) is 16.6. The van der Waals surface area contributed by atoms with E-state index in [2.05, 4.69) is 10.8 Å². The molecule has 0 saturated carbocycles. The molecule has 1 aromatic carbocycles. The summed E-state index contributed by atoms with van der Waals surface area (Å²) in [7, 11) is -3.25. The van der Waals surface area contributed by atoms with Crippen LogP contribution in [-0.2, 0) is 10.0 Å². The number of allylic oxidation sites excluding steroid dienone is 1. The van der Waals surface area contributed by atoms with Crippen LogP contribution in [0.5, 0.6) is 17.2 Å². The highest BCUT2D eigenvalue weighted by molar-refractivity contribution is 7.89. The zero-order chi connectivity index (χ0) is 17.5. The van der Waals surface area contributed by atoms with E-state index in [4.69, 9.17) is 14.2 Å². The molecular weight excluding hydrogens is 342 g/mol. The lowest BCUT2D eigenvalue weighted by molar-refractivity contribution is 0.173. The van der Waals surface area contributed by atoms with E-state index < -0.39 is 10.0 Å². The van der Waals surface area contributed by atoms with Gasteiger partial charge >= 0.3 is 0 Å². The van der Waals surface area contributed by atoms with E-state index in [0.717, 1.165) is 19.3 Å². The van der Waals surface area contributed by atoms with Crippen LogP contribution in [0, 0.1) is 0 Å². The number of fused-ring (bicyclic) bond motifs is 1. The highest BCUT2D eigenvalue weighted by atomic mass is 32.2. The van der Waals surface area contributed by atoms with E-state index in [1.54, 1.807) is 18.2 Å². The molecule has 1 aromatic rings. The molecule has 3 rings (SSSR count). The van der Waals surface area contributed by atoms with E-state index >= 15 is 0 Å². The van der Waals surface area contributed by atoms with Crippen molar-refractivity contribution < 1.29 is 22.6 Å². The number of hydrogen-bond acceptors (Lipinski definition) is 5. The maximum atomic E-state index is 12.0. The number of ether oxygens (including phenoxy) is 3. The van der Waals surface area contributed by atoms with Gasteiger partial charge in [-0.25, -0.2) is 13.1 Å². The highest BCUT2D eigenvalue weighted by Crippen LogP contribution is 2.35. The third-order valence-corrected chi connectivity index (χ3v) is 5.79. The first-order chi connectivity index (χ1) is 12.1. The summed E-state index contributed by atoms with van der Waals surface area (Å²) < 4.78 is 42.8. The number of rotatable bonds is 9. The number of hydrogen-bond donors (Lipinski definition) is 1. The smallest absolute Gasteiger partial charge is 0.231 e. The first-order valence-corrected chi connectivity index (χ1v) is 10.5. The Morgan fingerprint density at radius 1 is 1.16 bits per heavy atom. The van der Waals surface area contributed by atoms with Gasteiger partial charge in [-0.05, 0) is 50.7 Å². The quantitative estimate of drug-likeness (QED) is 0.536. The predicted molar refractivity (Wildman–Crippen MR) is 95.6 cm³/mol. The fourth-order valence-electron chi connectivity index (χ4n) is 2.98. The molecule has 1 aliphatic carbocycles. The molecule has 2 aliphatic rings.